The Morgan fingerprint density at radius 1 is 0.389 bits per heavy atom. The van der Waals surface area contributed by atoms with Crippen LogP contribution < -0.4 is 31.1 Å². The Hall–Kier alpha value is -7.56. The van der Waals surface area contributed by atoms with Gasteiger partial charge in [-0.15, -0.1) is 0 Å². The minimum atomic E-state index is -0.350. The van der Waals surface area contributed by atoms with E-state index in [0.717, 1.165) is 19.3 Å². The minimum Gasteiger partial charge on any atom is -0.334 e. The van der Waals surface area contributed by atoms with E-state index in [-0.39, 0.29) is 44.7 Å². The van der Waals surface area contributed by atoms with Gasteiger partial charge in [0.15, 0.2) is 0 Å². The highest BCUT2D eigenvalue weighted by Gasteiger charge is 2.62. The molecule has 4 heteroatoms. The second kappa shape index (κ2) is 21.5. The van der Waals surface area contributed by atoms with Crippen LogP contribution in [0.2, 0.25) is 0 Å². The van der Waals surface area contributed by atoms with Gasteiger partial charge in [-0.2, -0.15) is 0 Å². The molecule has 1 aliphatic carbocycles. The fourth-order valence-corrected chi connectivity index (χ4v) is 16.0. The Labute approximate surface area is 542 Å². The summed E-state index contributed by atoms with van der Waals surface area (Å²) in [5.74, 6) is 0.840. The maximum absolute atomic E-state index is 2.89. The second-order valence-electron chi connectivity index (χ2n) is 33.1. The monoisotopic (exact) mass is 1180 g/mol. The van der Waals surface area contributed by atoms with Gasteiger partial charge in [-0.3, -0.25) is 0 Å². The molecule has 9 aromatic rings. The highest BCUT2D eigenvalue weighted by Crippen LogP contribution is 2.65. The number of rotatable bonds is 8. The molecule has 0 bridgehead atoms. The number of nitrogens with zero attached hydrogens (tertiary/aromatic N) is 3. The highest BCUT2D eigenvalue weighted by molar-refractivity contribution is 7.00. The molecule has 3 aliphatic heterocycles. The van der Waals surface area contributed by atoms with Crippen LogP contribution in [0.3, 0.4) is 0 Å². The molecule has 0 amide bonds. The summed E-state index contributed by atoms with van der Waals surface area (Å²) in [6.45, 7) is 45.3. The van der Waals surface area contributed by atoms with E-state index in [0.29, 0.717) is 11.8 Å². The summed E-state index contributed by atoms with van der Waals surface area (Å²) >= 11 is 0. The maximum Gasteiger partial charge on any atom is 0.252 e. The fraction of sp³-hybridized carbons (Fsp3) is 0.372. The van der Waals surface area contributed by atoms with Gasteiger partial charge < -0.3 is 14.7 Å². The first-order chi connectivity index (χ1) is 42.4. The first-order valence-corrected chi connectivity index (χ1v) is 33.9. The Morgan fingerprint density at radius 3 is 1.40 bits per heavy atom. The molecule has 0 radical (unpaired) electrons. The van der Waals surface area contributed by atoms with Gasteiger partial charge in [0.1, 0.15) is 0 Å². The molecule has 0 aromatic heterocycles. The third kappa shape index (κ3) is 9.99. The summed E-state index contributed by atoms with van der Waals surface area (Å²) in [7, 11) is 0. The van der Waals surface area contributed by atoms with Crippen LogP contribution in [0.1, 0.15) is 208 Å². The number of anilines is 8. The standard InChI is InChI=1S/C86H98BN3/c1-55(2)56(3)59-32-42-72(67(48-59)57-28-22-20-23-29-57)89-76-52-65(84(16,17)18)37-41-70(76)87-71-51-64(83(13,14)15)40-45-75(71)88(73-43-38-62(81(7,8)9)49-68(73)58-30-24-21-25-31-58)77-53-66(54-78(89)79(77)87)90-74-44-39-63(82(10,11)12)50-69(74)86(47-27-26-46-85(86,90)19)61-35-33-60(34-36-61)80(4,5)6/h20-25,28-45,48-56H,26-27,46-47H2,1-19H3. The molecule has 1 saturated carbocycles. The van der Waals surface area contributed by atoms with Crippen molar-refractivity contribution in [1.29, 1.82) is 0 Å². The normalized spacial score (nSPS) is 18.5. The molecule has 0 saturated heterocycles. The molecule has 3 unspecified atom stereocenters. The lowest BCUT2D eigenvalue weighted by Gasteiger charge is -2.53. The first kappa shape index (κ1) is 61.3. The quantitative estimate of drug-likeness (QED) is 0.140. The predicted octanol–water partition coefficient (Wildman–Crippen LogP) is 22.1. The van der Waals surface area contributed by atoms with E-state index >= 15 is 0 Å². The van der Waals surface area contributed by atoms with Gasteiger partial charge in [0, 0.05) is 50.7 Å². The third-order valence-corrected chi connectivity index (χ3v) is 21.8. The Bertz CT molecular complexity index is 4230. The third-order valence-electron chi connectivity index (χ3n) is 21.8. The summed E-state index contributed by atoms with van der Waals surface area (Å²) in [5, 5.41) is 0. The van der Waals surface area contributed by atoms with Gasteiger partial charge in [0.2, 0.25) is 0 Å². The maximum atomic E-state index is 2.89. The van der Waals surface area contributed by atoms with Crippen molar-refractivity contribution in [3.8, 4) is 22.3 Å². The van der Waals surface area contributed by atoms with Crippen LogP contribution in [0.5, 0.6) is 0 Å². The van der Waals surface area contributed by atoms with Crippen molar-refractivity contribution in [2.75, 3.05) is 14.7 Å². The van der Waals surface area contributed by atoms with Crippen molar-refractivity contribution >= 4 is 68.6 Å². The van der Waals surface area contributed by atoms with Crippen molar-refractivity contribution < 1.29 is 0 Å². The highest BCUT2D eigenvalue weighted by atomic mass is 15.3. The van der Waals surface area contributed by atoms with Crippen LogP contribution in [0, 0.1) is 5.92 Å². The summed E-state index contributed by atoms with van der Waals surface area (Å²) in [4.78, 5) is 8.35. The van der Waals surface area contributed by atoms with Gasteiger partial charge in [0.25, 0.3) is 6.71 Å². The Morgan fingerprint density at radius 2 is 0.844 bits per heavy atom. The Kier molecular flexibility index (Phi) is 14.7. The van der Waals surface area contributed by atoms with E-state index in [1.165, 1.54) is 135 Å². The molecule has 90 heavy (non-hydrogen) atoms. The zero-order valence-electron chi connectivity index (χ0n) is 57.8. The summed E-state index contributed by atoms with van der Waals surface area (Å²) in [5.41, 5.74) is 28.8. The molecule has 0 spiro atoms. The van der Waals surface area contributed by atoms with Gasteiger partial charge in [0.05, 0.1) is 16.9 Å². The zero-order chi connectivity index (χ0) is 64.0. The van der Waals surface area contributed by atoms with Crippen LogP contribution in [-0.2, 0) is 32.5 Å². The first-order valence-electron chi connectivity index (χ1n) is 33.9. The molecule has 9 aromatic carbocycles. The van der Waals surface area contributed by atoms with E-state index in [1.54, 1.807) is 0 Å². The van der Waals surface area contributed by atoms with Crippen LogP contribution in [0.4, 0.5) is 45.5 Å². The molecule has 13 rings (SSSR count). The molecular weight excluding hydrogens is 1090 g/mol. The smallest absolute Gasteiger partial charge is 0.252 e. The van der Waals surface area contributed by atoms with Crippen LogP contribution in [0.15, 0.2) is 188 Å². The van der Waals surface area contributed by atoms with E-state index in [1.807, 2.05) is 0 Å². The molecule has 460 valence electrons. The molecule has 3 atom stereocenters. The van der Waals surface area contributed by atoms with Gasteiger partial charge in [-0.05, 0) is 185 Å². The molecular formula is C86H98BN3. The average Bonchev–Trinajstić information content (AvgIpc) is 1.32. The predicted molar refractivity (Wildman–Crippen MR) is 391 cm³/mol. The van der Waals surface area contributed by atoms with Crippen molar-refractivity contribution in [2.45, 2.75) is 201 Å². The van der Waals surface area contributed by atoms with Crippen LogP contribution >= 0.6 is 0 Å². The molecule has 3 heterocycles. The SMILES string of the molecule is CC(C)C(C)c1ccc(N2c3cc(C(C)(C)C)ccc3B3c4cc(C(C)(C)C)ccc4N(c4ccc(C(C)(C)C)cc4-c4ccccc4)c4cc(N5c6ccc(C(C)(C)C)cc6C6(c7ccc(C(C)(C)C)cc7)CCCCC56C)cc2c43)c(-c2ccccc2)c1. The fourth-order valence-electron chi connectivity index (χ4n) is 16.0. The summed E-state index contributed by atoms with van der Waals surface area (Å²) in [6.07, 6.45) is 4.44. The van der Waals surface area contributed by atoms with Gasteiger partial charge in [-0.1, -0.05) is 271 Å². The largest absolute Gasteiger partial charge is 0.334 e. The van der Waals surface area contributed by atoms with Crippen molar-refractivity contribution in [3.05, 3.63) is 233 Å². The van der Waals surface area contributed by atoms with Crippen LogP contribution in [0.25, 0.3) is 22.3 Å². The second-order valence-corrected chi connectivity index (χ2v) is 33.1. The van der Waals surface area contributed by atoms with E-state index in [4.69, 9.17) is 0 Å². The van der Waals surface area contributed by atoms with Gasteiger partial charge >= 0.3 is 0 Å². The number of fused-ring (bicyclic) bond motifs is 7. The van der Waals surface area contributed by atoms with Crippen molar-refractivity contribution in [1.82, 2.24) is 0 Å². The molecule has 3 nitrogen and oxygen atoms in total. The zero-order valence-corrected chi connectivity index (χ0v) is 57.8. The average molecular weight is 1180 g/mol. The lowest BCUT2D eigenvalue weighted by molar-refractivity contribution is 0.215. The van der Waals surface area contributed by atoms with E-state index < -0.39 is 0 Å². The number of hydrogen-bond acceptors (Lipinski definition) is 3. The van der Waals surface area contributed by atoms with Crippen LogP contribution in [-0.4, -0.2) is 12.3 Å². The number of hydrogen-bond donors (Lipinski definition) is 0. The van der Waals surface area contributed by atoms with E-state index in [2.05, 4.69) is 334 Å². The summed E-state index contributed by atoms with van der Waals surface area (Å²) < 4.78 is 0. The van der Waals surface area contributed by atoms with Crippen molar-refractivity contribution in [3.63, 3.8) is 0 Å². The molecule has 4 aliphatic rings. The number of benzene rings is 9. The summed E-state index contributed by atoms with van der Waals surface area (Å²) in [6, 6.07) is 75.4. The lowest BCUT2D eigenvalue weighted by atomic mass is 9.33. The van der Waals surface area contributed by atoms with Crippen molar-refractivity contribution in [2.24, 2.45) is 5.92 Å². The molecule has 0 N–H and O–H groups in total. The van der Waals surface area contributed by atoms with Gasteiger partial charge in [-0.25, -0.2) is 0 Å². The van der Waals surface area contributed by atoms with E-state index in [9.17, 15) is 0 Å². The minimum absolute atomic E-state index is 0.0330. The Balaban J connectivity index is 1.21. The molecule has 1 fully saturated rings. The lowest BCUT2D eigenvalue weighted by Crippen LogP contribution is -2.62. The topological polar surface area (TPSA) is 9.72 Å².